The van der Waals surface area contributed by atoms with Crippen LogP contribution in [0.5, 0.6) is 0 Å². The van der Waals surface area contributed by atoms with Gasteiger partial charge in [-0.2, -0.15) is 5.10 Å². The van der Waals surface area contributed by atoms with Crippen LogP contribution < -0.4 is 5.43 Å². The van der Waals surface area contributed by atoms with Crippen LogP contribution in [0.2, 0.25) is 0 Å². The van der Waals surface area contributed by atoms with Crippen molar-refractivity contribution in [2.24, 2.45) is 10.5 Å². The molecule has 0 aromatic rings. The largest absolute Gasteiger partial charge is 0.443 e. The van der Waals surface area contributed by atoms with E-state index in [1.54, 1.807) is 0 Å². The zero-order chi connectivity index (χ0) is 12.3. The molecular formula is C11H22N2O2. The highest BCUT2D eigenvalue weighted by atomic mass is 16.6. The molecule has 0 spiro atoms. The molecule has 0 aliphatic carbocycles. The minimum Gasteiger partial charge on any atom is -0.443 e. The minimum atomic E-state index is -0.522. The van der Waals surface area contributed by atoms with Crippen LogP contribution in [0.25, 0.3) is 0 Å². The molecule has 0 radical (unpaired) electrons. The SMILES string of the molecule is C/C(=N\NC(=O)OC(C)(C)C)C(C)(C)C. The number of nitrogens with zero attached hydrogens (tertiary/aromatic N) is 1. The second-order valence-electron chi connectivity index (χ2n) is 5.56. The van der Waals surface area contributed by atoms with Gasteiger partial charge in [-0.25, -0.2) is 10.2 Å². The van der Waals surface area contributed by atoms with Crippen molar-refractivity contribution in [2.75, 3.05) is 0 Å². The van der Waals surface area contributed by atoms with E-state index in [9.17, 15) is 4.79 Å². The first-order valence-electron chi connectivity index (χ1n) is 5.06. The lowest BCUT2D eigenvalue weighted by Gasteiger charge is -2.20. The first-order chi connectivity index (χ1) is 6.52. The second-order valence-corrected chi connectivity index (χ2v) is 5.56. The molecule has 1 amide bonds. The van der Waals surface area contributed by atoms with Crippen LogP contribution in [0.4, 0.5) is 4.79 Å². The Labute approximate surface area is 92.1 Å². The summed E-state index contributed by atoms with van der Waals surface area (Å²) >= 11 is 0. The maximum Gasteiger partial charge on any atom is 0.428 e. The molecule has 0 atom stereocenters. The molecule has 0 aliphatic rings. The average Bonchev–Trinajstić information content (AvgIpc) is 1.94. The summed E-state index contributed by atoms with van der Waals surface area (Å²) in [4.78, 5) is 11.2. The van der Waals surface area contributed by atoms with Crippen LogP contribution in [-0.2, 0) is 4.74 Å². The van der Waals surface area contributed by atoms with Gasteiger partial charge in [0.1, 0.15) is 5.60 Å². The van der Waals surface area contributed by atoms with Crippen LogP contribution in [0.3, 0.4) is 0 Å². The van der Waals surface area contributed by atoms with Crippen molar-refractivity contribution >= 4 is 11.8 Å². The van der Waals surface area contributed by atoms with Crippen LogP contribution in [0.15, 0.2) is 5.10 Å². The van der Waals surface area contributed by atoms with Crippen LogP contribution in [0, 0.1) is 5.41 Å². The third-order valence-electron chi connectivity index (χ3n) is 1.80. The van der Waals surface area contributed by atoms with Crippen molar-refractivity contribution < 1.29 is 9.53 Å². The molecule has 0 heterocycles. The first kappa shape index (κ1) is 13.9. The van der Waals surface area contributed by atoms with E-state index in [4.69, 9.17) is 4.74 Å². The highest BCUT2D eigenvalue weighted by Gasteiger charge is 2.17. The lowest BCUT2D eigenvalue weighted by atomic mass is 9.91. The van der Waals surface area contributed by atoms with E-state index in [0.717, 1.165) is 5.71 Å². The molecule has 0 saturated carbocycles. The van der Waals surface area contributed by atoms with Gasteiger partial charge in [-0.15, -0.1) is 0 Å². The van der Waals surface area contributed by atoms with Crippen molar-refractivity contribution in [2.45, 2.75) is 54.1 Å². The summed E-state index contributed by atoms with van der Waals surface area (Å²) in [6.45, 7) is 13.4. The first-order valence-corrected chi connectivity index (χ1v) is 5.06. The van der Waals surface area contributed by atoms with Gasteiger partial charge in [0.2, 0.25) is 0 Å². The molecule has 0 unspecified atom stereocenters. The van der Waals surface area contributed by atoms with Crippen molar-refractivity contribution in [1.82, 2.24) is 5.43 Å². The Morgan fingerprint density at radius 3 is 1.93 bits per heavy atom. The number of hydrogen-bond acceptors (Lipinski definition) is 3. The number of nitrogens with one attached hydrogen (secondary N) is 1. The third-order valence-corrected chi connectivity index (χ3v) is 1.80. The maximum atomic E-state index is 11.2. The van der Waals surface area contributed by atoms with Crippen molar-refractivity contribution in [3.05, 3.63) is 0 Å². The Morgan fingerprint density at radius 2 is 1.60 bits per heavy atom. The number of hydrazone groups is 1. The Bertz CT molecular complexity index is 257. The molecule has 1 N–H and O–H groups in total. The highest BCUT2D eigenvalue weighted by molar-refractivity contribution is 5.87. The molecule has 0 saturated heterocycles. The second kappa shape index (κ2) is 4.64. The van der Waals surface area contributed by atoms with Crippen LogP contribution >= 0.6 is 0 Å². The summed E-state index contributed by atoms with van der Waals surface area (Å²) in [5.74, 6) is 0. The Kier molecular flexibility index (Phi) is 4.31. The van der Waals surface area contributed by atoms with Crippen LogP contribution in [0.1, 0.15) is 48.5 Å². The number of carbonyl (C=O) groups is 1. The molecule has 0 aromatic heterocycles. The molecular weight excluding hydrogens is 192 g/mol. The molecule has 4 heteroatoms. The molecule has 0 aliphatic heterocycles. The number of ether oxygens (including phenoxy) is 1. The normalized spacial score (nSPS) is 13.7. The topological polar surface area (TPSA) is 50.7 Å². The number of amides is 1. The molecule has 88 valence electrons. The van der Waals surface area contributed by atoms with Gasteiger partial charge in [-0.1, -0.05) is 20.8 Å². The lowest BCUT2D eigenvalue weighted by molar-refractivity contribution is 0.0529. The van der Waals surface area contributed by atoms with Crippen molar-refractivity contribution in [3.8, 4) is 0 Å². The summed E-state index contributed by atoms with van der Waals surface area (Å²) < 4.78 is 5.04. The monoisotopic (exact) mass is 214 g/mol. The molecule has 0 bridgehead atoms. The van der Waals surface area contributed by atoms with Gasteiger partial charge in [-0.05, 0) is 27.7 Å². The van der Waals surface area contributed by atoms with Crippen molar-refractivity contribution in [1.29, 1.82) is 0 Å². The van der Waals surface area contributed by atoms with Crippen molar-refractivity contribution in [3.63, 3.8) is 0 Å². The smallest absolute Gasteiger partial charge is 0.428 e. The molecule has 4 nitrogen and oxygen atoms in total. The fourth-order valence-electron chi connectivity index (χ4n) is 0.598. The van der Waals surface area contributed by atoms with Gasteiger partial charge in [0, 0.05) is 11.1 Å². The molecule has 0 aromatic carbocycles. The summed E-state index contributed by atoms with van der Waals surface area (Å²) in [6, 6.07) is 0. The van der Waals surface area contributed by atoms with E-state index in [0.29, 0.717) is 0 Å². The van der Waals surface area contributed by atoms with Gasteiger partial charge in [0.05, 0.1) is 0 Å². The quantitative estimate of drug-likeness (QED) is 0.539. The molecule has 15 heavy (non-hydrogen) atoms. The molecule has 0 rings (SSSR count). The lowest BCUT2D eigenvalue weighted by Crippen LogP contribution is -2.31. The minimum absolute atomic E-state index is 0.0466. The Balaban J connectivity index is 4.23. The zero-order valence-corrected chi connectivity index (χ0v) is 10.8. The fraction of sp³-hybridized carbons (Fsp3) is 0.818. The van der Waals surface area contributed by atoms with Gasteiger partial charge in [0.25, 0.3) is 0 Å². The van der Waals surface area contributed by atoms with E-state index in [-0.39, 0.29) is 5.41 Å². The summed E-state index contributed by atoms with van der Waals surface area (Å²) in [5.41, 5.74) is 2.69. The van der Waals surface area contributed by atoms with E-state index in [1.165, 1.54) is 0 Å². The van der Waals surface area contributed by atoms with E-state index in [1.807, 2.05) is 48.5 Å². The fourth-order valence-corrected chi connectivity index (χ4v) is 0.598. The highest BCUT2D eigenvalue weighted by Crippen LogP contribution is 2.15. The van der Waals surface area contributed by atoms with Gasteiger partial charge in [0.15, 0.2) is 0 Å². The Morgan fingerprint density at radius 1 is 1.13 bits per heavy atom. The summed E-state index contributed by atoms with van der Waals surface area (Å²) in [6.07, 6.45) is -0.522. The average molecular weight is 214 g/mol. The third kappa shape index (κ3) is 6.94. The van der Waals surface area contributed by atoms with Gasteiger partial charge >= 0.3 is 6.09 Å². The van der Waals surface area contributed by atoms with E-state index in [2.05, 4.69) is 10.5 Å². The number of rotatable bonds is 1. The van der Waals surface area contributed by atoms with E-state index < -0.39 is 11.7 Å². The predicted octanol–water partition coefficient (Wildman–Crippen LogP) is 2.93. The maximum absolute atomic E-state index is 11.2. The van der Waals surface area contributed by atoms with E-state index >= 15 is 0 Å². The zero-order valence-electron chi connectivity index (χ0n) is 10.8. The number of carbonyl (C=O) groups excluding carboxylic acids is 1. The summed E-state index contributed by atoms with van der Waals surface area (Å²) in [5, 5.41) is 3.97. The van der Waals surface area contributed by atoms with Gasteiger partial charge in [-0.3, -0.25) is 0 Å². The summed E-state index contributed by atoms with van der Waals surface area (Å²) in [7, 11) is 0. The van der Waals surface area contributed by atoms with Gasteiger partial charge < -0.3 is 4.74 Å². The molecule has 0 fully saturated rings. The number of hydrogen-bond donors (Lipinski definition) is 1. The predicted molar refractivity (Wildman–Crippen MR) is 61.9 cm³/mol. The van der Waals surface area contributed by atoms with Crippen LogP contribution in [-0.4, -0.2) is 17.4 Å². The Hall–Kier alpha value is -1.06. The standard InChI is InChI=1S/C11H22N2O2/c1-8(10(2,3)4)12-13-9(14)15-11(5,6)7/h1-7H3,(H,13,14)/b12-8+.